The molecule has 5 heteroatoms. The zero-order valence-electron chi connectivity index (χ0n) is 28.6. The van der Waals surface area contributed by atoms with E-state index in [0.717, 1.165) is 44.7 Å². The molecule has 248 valence electrons. The molecular formula is C48H31N5. The molecular weight excluding hydrogens is 647 g/mol. The molecule has 0 unspecified atom stereocenters. The number of benzene rings is 7. The largest absolute Gasteiger partial charge is 0.294 e. The summed E-state index contributed by atoms with van der Waals surface area (Å²) in [6.45, 7) is 0. The number of rotatable bonds is 6. The Balaban J connectivity index is 1.25. The smallest absolute Gasteiger partial charge is 0.164 e. The van der Waals surface area contributed by atoms with E-state index in [9.17, 15) is 0 Å². The molecule has 0 spiro atoms. The molecule has 53 heavy (non-hydrogen) atoms. The van der Waals surface area contributed by atoms with Crippen molar-refractivity contribution in [1.82, 2.24) is 24.5 Å². The first kappa shape index (κ1) is 30.6. The monoisotopic (exact) mass is 677 g/mol. The Morgan fingerprint density at radius 2 is 0.868 bits per heavy atom. The van der Waals surface area contributed by atoms with Crippen LogP contribution >= 0.6 is 0 Å². The van der Waals surface area contributed by atoms with E-state index in [1.807, 2.05) is 72.9 Å². The number of hydrogen-bond acceptors (Lipinski definition) is 4. The van der Waals surface area contributed by atoms with Gasteiger partial charge in [0.25, 0.3) is 0 Å². The van der Waals surface area contributed by atoms with Gasteiger partial charge in [-0.15, -0.1) is 0 Å². The van der Waals surface area contributed by atoms with E-state index in [1.165, 1.54) is 32.7 Å². The SMILES string of the molecule is c1ccc(-c2ccc3c4c5ccccc5c(-c5ccccc5)cc4n(-c4cc(-c5nc(-c6ccccc6)nc(-c6ccccc6)n5)ccn4)c3c2)cc1. The summed E-state index contributed by atoms with van der Waals surface area (Å²) in [5.41, 5.74) is 9.52. The van der Waals surface area contributed by atoms with Gasteiger partial charge in [0.15, 0.2) is 17.5 Å². The van der Waals surface area contributed by atoms with Crippen molar-refractivity contribution in [3.05, 3.63) is 188 Å². The van der Waals surface area contributed by atoms with Gasteiger partial charge >= 0.3 is 0 Å². The average Bonchev–Trinajstić information content (AvgIpc) is 3.58. The lowest BCUT2D eigenvalue weighted by molar-refractivity contribution is 1.05. The average molecular weight is 678 g/mol. The third-order valence-corrected chi connectivity index (χ3v) is 9.90. The van der Waals surface area contributed by atoms with Crippen LogP contribution in [0.5, 0.6) is 0 Å². The number of hydrogen-bond donors (Lipinski definition) is 0. The molecule has 0 saturated carbocycles. The lowest BCUT2D eigenvalue weighted by Crippen LogP contribution is -2.02. The van der Waals surface area contributed by atoms with Gasteiger partial charge in [-0.2, -0.15) is 0 Å². The molecule has 7 aromatic carbocycles. The van der Waals surface area contributed by atoms with Crippen LogP contribution in [-0.4, -0.2) is 24.5 Å². The molecule has 0 bridgehead atoms. The highest BCUT2D eigenvalue weighted by Gasteiger charge is 2.20. The highest BCUT2D eigenvalue weighted by atomic mass is 15.1. The third kappa shape index (κ3) is 5.43. The van der Waals surface area contributed by atoms with Crippen molar-refractivity contribution in [2.75, 3.05) is 0 Å². The van der Waals surface area contributed by atoms with E-state index in [0.29, 0.717) is 17.5 Å². The van der Waals surface area contributed by atoms with Crippen LogP contribution in [0.3, 0.4) is 0 Å². The molecule has 10 aromatic rings. The molecule has 3 heterocycles. The molecule has 0 atom stereocenters. The summed E-state index contributed by atoms with van der Waals surface area (Å²) in [5.74, 6) is 2.61. The van der Waals surface area contributed by atoms with Crippen molar-refractivity contribution in [3.63, 3.8) is 0 Å². The van der Waals surface area contributed by atoms with E-state index in [2.05, 4.69) is 120 Å². The summed E-state index contributed by atoms with van der Waals surface area (Å²) < 4.78 is 2.30. The van der Waals surface area contributed by atoms with Crippen LogP contribution in [0.2, 0.25) is 0 Å². The molecule has 0 saturated heterocycles. The fourth-order valence-corrected chi connectivity index (χ4v) is 7.41. The Kier molecular flexibility index (Phi) is 7.40. The molecule has 0 radical (unpaired) electrons. The first-order valence-corrected chi connectivity index (χ1v) is 17.7. The van der Waals surface area contributed by atoms with Gasteiger partial charge in [0.1, 0.15) is 5.82 Å². The second-order valence-electron chi connectivity index (χ2n) is 13.1. The maximum atomic E-state index is 5.05. The lowest BCUT2D eigenvalue weighted by atomic mass is 9.94. The molecule has 0 aliphatic rings. The van der Waals surface area contributed by atoms with Crippen molar-refractivity contribution in [2.45, 2.75) is 0 Å². The summed E-state index contributed by atoms with van der Waals surface area (Å²) in [6.07, 6.45) is 1.86. The van der Waals surface area contributed by atoms with Gasteiger partial charge in [-0.05, 0) is 57.3 Å². The Bertz CT molecular complexity index is 2860. The van der Waals surface area contributed by atoms with Crippen molar-refractivity contribution >= 4 is 32.6 Å². The van der Waals surface area contributed by atoms with Gasteiger partial charge in [-0.1, -0.05) is 158 Å². The van der Waals surface area contributed by atoms with Crippen LogP contribution in [0, 0.1) is 0 Å². The van der Waals surface area contributed by atoms with Crippen molar-refractivity contribution in [2.24, 2.45) is 0 Å². The quantitative estimate of drug-likeness (QED) is 0.176. The number of pyridine rings is 1. The molecule has 0 amide bonds. The number of nitrogens with zero attached hydrogens (tertiary/aromatic N) is 5. The minimum atomic E-state index is 0.586. The van der Waals surface area contributed by atoms with Gasteiger partial charge < -0.3 is 0 Å². The van der Waals surface area contributed by atoms with Gasteiger partial charge in [0.05, 0.1) is 11.0 Å². The summed E-state index contributed by atoms with van der Waals surface area (Å²) in [6, 6.07) is 63.2. The van der Waals surface area contributed by atoms with E-state index >= 15 is 0 Å². The molecule has 0 aliphatic heterocycles. The van der Waals surface area contributed by atoms with Crippen molar-refractivity contribution in [1.29, 1.82) is 0 Å². The maximum Gasteiger partial charge on any atom is 0.164 e. The predicted octanol–water partition coefficient (Wildman–Crippen LogP) is 11.9. The topological polar surface area (TPSA) is 56.5 Å². The van der Waals surface area contributed by atoms with Gasteiger partial charge in [0.2, 0.25) is 0 Å². The molecule has 3 aromatic heterocycles. The van der Waals surface area contributed by atoms with Crippen LogP contribution in [0.1, 0.15) is 0 Å². The Hall–Kier alpha value is -7.24. The van der Waals surface area contributed by atoms with E-state index in [1.54, 1.807) is 0 Å². The first-order valence-electron chi connectivity index (χ1n) is 17.7. The zero-order chi connectivity index (χ0) is 35.1. The second-order valence-corrected chi connectivity index (χ2v) is 13.1. The molecule has 10 rings (SSSR count). The maximum absolute atomic E-state index is 5.05. The van der Waals surface area contributed by atoms with Crippen LogP contribution in [0.25, 0.3) is 94.8 Å². The highest BCUT2D eigenvalue weighted by Crippen LogP contribution is 2.42. The fourth-order valence-electron chi connectivity index (χ4n) is 7.41. The Morgan fingerprint density at radius 1 is 0.340 bits per heavy atom. The van der Waals surface area contributed by atoms with E-state index in [-0.39, 0.29) is 0 Å². The van der Waals surface area contributed by atoms with Crippen LogP contribution in [-0.2, 0) is 0 Å². The Morgan fingerprint density at radius 3 is 1.49 bits per heavy atom. The molecule has 0 N–H and O–H groups in total. The summed E-state index contributed by atoms with van der Waals surface area (Å²) >= 11 is 0. The van der Waals surface area contributed by atoms with Gasteiger partial charge in [0, 0.05) is 33.7 Å². The van der Waals surface area contributed by atoms with Gasteiger partial charge in [-0.25, -0.2) is 19.9 Å². The van der Waals surface area contributed by atoms with Crippen molar-refractivity contribution in [3.8, 4) is 62.2 Å². The summed E-state index contributed by atoms with van der Waals surface area (Å²) in [5, 5.41) is 4.78. The molecule has 5 nitrogen and oxygen atoms in total. The van der Waals surface area contributed by atoms with Gasteiger partial charge in [-0.3, -0.25) is 4.57 Å². The minimum absolute atomic E-state index is 0.586. The summed E-state index contributed by atoms with van der Waals surface area (Å²) in [4.78, 5) is 20.0. The van der Waals surface area contributed by atoms with Crippen LogP contribution < -0.4 is 0 Å². The van der Waals surface area contributed by atoms with Crippen LogP contribution in [0.15, 0.2) is 188 Å². The first-order chi connectivity index (χ1) is 26.3. The van der Waals surface area contributed by atoms with Crippen molar-refractivity contribution < 1.29 is 0 Å². The lowest BCUT2D eigenvalue weighted by Gasteiger charge is -2.13. The predicted molar refractivity (Wildman–Crippen MR) is 217 cm³/mol. The van der Waals surface area contributed by atoms with Crippen LogP contribution in [0.4, 0.5) is 0 Å². The number of fused-ring (bicyclic) bond motifs is 5. The normalized spacial score (nSPS) is 11.4. The zero-order valence-corrected chi connectivity index (χ0v) is 28.6. The standard InChI is InChI=1S/C48H31N5/c1-5-15-32(16-6-1)36-25-26-40-42(29-36)53(43-31-41(33-17-7-2-8-18-33)38-23-13-14-24-39(38)45(40)43)44-30-37(27-28-49-44)48-51-46(34-19-9-3-10-20-34)50-47(52-48)35-21-11-4-12-22-35/h1-31H. The number of aromatic nitrogens is 5. The van der Waals surface area contributed by atoms with E-state index in [4.69, 9.17) is 19.9 Å². The minimum Gasteiger partial charge on any atom is -0.294 e. The summed E-state index contributed by atoms with van der Waals surface area (Å²) in [7, 11) is 0. The third-order valence-electron chi connectivity index (χ3n) is 9.90. The second kappa shape index (κ2) is 12.8. The Labute approximate surface area is 306 Å². The fraction of sp³-hybridized carbons (Fsp3) is 0. The molecule has 0 fully saturated rings. The molecule has 0 aliphatic carbocycles. The van der Waals surface area contributed by atoms with E-state index < -0.39 is 0 Å². The highest BCUT2D eigenvalue weighted by molar-refractivity contribution is 6.24.